The van der Waals surface area contributed by atoms with Crippen LogP contribution in [0.1, 0.15) is 49.9 Å². The summed E-state index contributed by atoms with van der Waals surface area (Å²) in [7, 11) is 0. The second-order valence-corrected chi connectivity index (χ2v) is 14.9. The molecule has 0 spiro atoms. The third-order valence-corrected chi connectivity index (χ3v) is 11.4. The monoisotopic (exact) mass is 643 g/mol. The minimum Gasteiger partial charge on any atom is -0.455 e. The van der Waals surface area contributed by atoms with Crippen LogP contribution in [0.5, 0.6) is 0 Å². The molecule has 0 radical (unpaired) electrons. The van der Waals surface area contributed by atoms with Crippen molar-refractivity contribution in [3.8, 4) is 33.4 Å². The predicted molar refractivity (Wildman–Crippen MR) is 209 cm³/mol. The van der Waals surface area contributed by atoms with Gasteiger partial charge in [-0.05, 0) is 80.4 Å². The zero-order valence-electron chi connectivity index (χ0n) is 28.8. The van der Waals surface area contributed by atoms with Gasteiger partial charge in [0.15, 0.2) is 0 Å². The summed E-state index contributed by atoms with van der Waals surface area (Å²) in [5.41, 5.74) is 18.0. The SMILES string of the molecule is CC1(C)c2ccccc2-c2cccc(N(c3cccc(-c4cccc5c4oc4ccccc45)c3)c3cccc4c3C(C)(C)c3ccccc3-4)c21. The second kappa shape index (κ2) is 10.3. The van der Waals surface area contributed by atoms with E-state index < -0.39 is 0 Å². The molecule has 1 aromatic heterocycles. The maximum absolute atomic E-state index is 6.54. The number of benzene rings is 7. The fraction of sp³-hybridized carbons (Fsp3) is 0.125. The lowest BCUT2D eigenvalue weighted by Crippen LogP contribution is -2.24. The topological polar surface area (TPSA) is 16.4 Å². The molecule has 0 aliphatic heterocycles. The summed E-state index contributed by atoms with van der Waals surface area (Å²) >= 11 is 0. The molecule has 1 heterocycles. The van der Waals surface area contributed by atoms with Crippen molar-refractivity contribution in [3.05, 3.63) is 174 Å². The highest BCUT2D eigenvalue weighted by molar-refractivity contribution is 6.09. The van der Waals surface area contributed by atoms with E-state index >= 15 is 0 Å². The van der Waals surface area contributed by atoms with Gasteiger partial charge in [-0.2, -0.15) is 0 Å². The summed E-state index contributed by atoms with van der Waals surface area (Å²) in [5, 5.41) is 2.28. The highest BCUT2D eigenvalue weighted by Gasteiger charge is 2.42. The van der Waals surface area contributed by atoms with Crippen molar-refractivity contribution in [2.45, 2.75) is 38.5 Å². The Kier molecular flexibility index (Phi) is 6.01. The smallest absolute Gasteiger partial charge is 0.143 e. The minimum atomic E-state index is -0.186. The maximum Gasteiger partial charge on any atom is 0.143 e. The molecular formula is C48H37NO. The summed E-state index contributed by atoms with van der Waals surface area (Å²) < 4.78 is 6.54. The van der Waals surface area contributed by atoms with Gasteiger partial charge in [0.2, 0.25) is 0 Å². The zero-order chi connectivity index (χ0) is 33.8. The molecule has 0 saturated heterocycles. The lowest BCUT2D eigenvalue weighted by molar-refractivity contribution is 0.656. The molecule has 0 atom stereocenters. The van der Waals surface area contributed by atoms with Crippen molar-refractivity contribution in [1.29, 1.82) is 0 Å². The van der Waals surface area contributed by atoms with Crippen LogP contribution in [-0.4, -0.2) is 0 Å². The van der Waals surface area contributed by atoms with Gasteiger partial charge in [-0.25, -0.2) is 0 Å². The number of hydrogen-bond donors (Lipinski definition) is 0. The quantitative estimate of drug-likeness (QED) is 0.190. The van der Waals surface area contributed by atoms with Crippen LogP contribution in [0.3, 0.4) is 0 Å². The van der Waals surface area contributed by atoms with E-state index in [2.05, 4.69) is 178 Å². The summed E-state index contributed by atoms with van der Waals surface area (Å²) in [4.78, 5) is 2.54. The largest absolute Gasteiger partial charge is 0.455 e. The van der Waals surface area contributed by atoms with Gasteiger partial charge >= 0.3 is 0 Å². The van der Waals surface area contributed by atoms with Crippen LogP contribution < -0.4 is 4.90 Å². The van der Waals surface area contributed by atoms with Crippen LogP contribution in [0, 0.1) is 0 Å². The molecule has 0 N–H and O–H groups in total. The molecule has 8 aromatic rings. The van der Waals surface area contributed by atoms with Gasteiger partial charge in [-0.15, -0.1) is 0 Å². The van der Waals surface area contributed by atoms with Crippen LogP contribution in [0.25, 0.3) is 55.3 Å². The number of hydrogen-bond acceptors (Lipinski definition) is 2. The maximum atomic E-state index is 6.54. The van der Waals surface area contributed by atoms with Crippen molar-refractivity contribution in [1.82, 2.24) is 0 Å². The fourth-order valence-electron chi connectivity index (χ4n) is 9.21. The molecule has 2 aliphatic carbocycles. The van der Waals surface area contributed by atoms with E-state index in [0.717, 1.165) is 38.8 Å². The molecule has 0 saturated carbocycles. The normalized spacial score (nSPS) is 14.7. The summed E-state index contributed by atoms with van der Waals surface area (Å²) in [6.45, 7) is 9.53. The number of nitrogens with zero attached hydrogens (tertiary/aromatic N) is 1. The Labute approximate surface area is 293 Å². The van der Waals surface area contributed by atoms with E-state index in [1.807, 2.05) is 6.07 Å². The van der Waals surface area contributed by atoms with Crippen molar-refractivity contribution in [2.24, 2.45) is 0 Å². The summed E-state index contributed by atoms with van der Waals surface area (Å²) in [6, 6.07) is 55.5. The Hall–Kier alpha value is -5.86. The Bertz CT molecular complexity index is 2560. The van der Waals surface area contributed by atoms with Crippen LogP contribution in [0.15, 0.2) is 156 Å². The number of furan rings is 1. The number of rotatable bonds is 4. The molecule has 2 nitrogen and oxygen atoms in total. The Morgan fingerprint density at radius 3 is 1.60 bits per heavy atom. The highest BCUT2D eigenvalue weighted by Crippen LogP contribution is 2.58. The molecule has 7 aromatic carbocycles. The van der Waals surface area contributed by atoms with E-state index in [4.69, 9.17) is 4.42 Å². The van der Waals surface area contributed by atoms with Crippen molar-refractivity contribution < 1.29 is 4.42 Å². The van der Waals surface area contributed by atoms with Gasteiger partial charge in [0.25, 0.3) is 0 Å². The molecule has 0 unspecified atom stereocenters. The number of anilines is 3. The van der Waals surface area contributed by atoms with E-state index in [9.17, 15) is 0 Å². The molecule has 0 fully saturated rings. The van der Waals surface area contributed by atoms with Crippen LogP contribution >= 0.6 is 0 Å². The summed E-state index contributed by atoms with van der Waals surface area (Å²) in [5.74, 6) is 0. The number of para-hydroxylation sites is 2. The molecular weight excluding hydrogens is 607 g/mol. The average Bonchev–Trinajstić information content (AvgIpc) is 3.73. The third kappa shape index (κ3) is 3.91. The second-order valence-electron chi connectivity index (χ2n) is 14.9. The Morgan fingerprint density at radius 1 is 0.440 bits per heavy atom. The first-order valence-corrected chi connectivity index (χ1v) is 17.6. The molecule has 10 rings (SSSR count). The van der Waals surface area contributed by atoms with Gasteiger partial charge < -0.3 is 9.32 Å². The standard InChI is InChI=1S/C48H37NO/c1-47(2)39-24-8-5-17-33(39)36-21-13-26-41(44(36)47)49(42-27-14-22-37-34-18-6-9-25-40(34)48(3,4)45(37)42)31-16-11-15-30(29-31)32-20-12-23-38-35-19-7-10-28-43(35)50-46(32)38/h5-29H,1-4H3. The van der Waals surface area contributed by atoms with Crippen molar-refractivity contribution in [3.63, 3.8) is 0 Å². The van der Waals surface area contributed by atoms with Crippen LogP contribution in [0.4, 0.5) is 17.1 Å². The molecule has 0 amide bonds. The van der Waals surface area contributed by atoms with E-state index in [1.54, 1.807) is 0 Å². The Balaban J connectivity index is 1.25. The van der Waals surface area contributed by atoms with Gasteiger partial charge in [-0.1, -0.05) is 149 Å². The van der Waals surface area contributed by atoms with E-state index in [-0.39, 0.29) is 10.8 Å². The fourth-order valence-corrected chi connectivity index (χ4v) is 9.21. The van der Waals surface area contributed by atoms with Crippen LogP contribution in [0.2, 0.25) is 0 Å². The lowest BCUT2D eigenvalue weighted by Gasteiger charge is -2.35. The van der Waals surface area contributed by atoms with Gasteiger partial charge in [-0.3, -0.25) is 0 Å². The van der Waals surface area contributed by atoms with Crippen LogP contribution in [-0.2, 0) is 10.8 Å². The van der Waals surface area contributed by atoms with Gasteiger partial charge in [0, 0.05) is 32.9 Å². The van der Waals surface area contributed by atoms with Crippen molar-refractivity contribution in [2.75, 3.05) is 4.90 Å². The van der Waals surface area contributed by atoms with Gasteiger partial charge in [0.05, 0.1) is 11.4 Å². The molecule has 240 valence electrons. The molecule has 50 heavy (non-hydrogen) atoms. The zero-order valence-corrected chi connectivity index (χ0v) is 28.8. The first-order valence-electron chi connectivity index (χ1n) is 17.6. The molecule has 2 heteroatoms. The predicted octanol–water partition coefficient (Wildman–Crippen LogP) is 13.3. The Morgan fingerprint density at radius 2 is 0.940 bits per heavy atom. The van der Waals surface area contributed by atoms with E-state index in [0.29, 0.717) is 0 Å². The minimum absolute atomic E-state index is 0.186. The summed E-state index contributed by atoms with van der Waals surface area (Å²) in [6.07, 6.45) is 0. The molecule has 0 bridgehead atoms. The first-order chi connectivity index (χ1) is 24.3. The number of fused-ring (bicyclic) bond motifs is 9. The molecule has 2 aliphatic rings. The third-order valence-electron chi connectivity index (χ3n) is 11.4. The van der Waals surface area contributed by atoms with Crippen molar-refractivity contribution >= 4 is 39.0 Å². The first kappa shape index (κ1) is 29.1. The lowest BCUT2D eigenvalue weighted by atomic mass is 9.80. The average molecular weight is 644 g/mol. The van der Waals surface area contributed by atoms with E-state index in [1.165, 1.54) is 55.9 Å². The van der Waals surface area contributed by atoms with Gasteiger partial charge in [0.1, 0.15) is 11.2 Å². The highest BCUT2D eigenvalue weighted by atomic mass is 16.3.